The van der Waals surface area contributed by atoms with Gasteiger partial charge >= 0.3 is 12.1 Å². The number of methoxy groups -OCH3 is 1. The molecule has 0 N–H and O–H groups in total. The van der Waals surface area contributed by atoms with Crippen LogP contribution in [0.1, 0.15) is 61.2 Å². The molecular formula is C20H26BrN3O6S2. The first-order chi connectivity index (χ1) is 14.9. The summed E-state index contributed by atoms with van der Waals surface area (Å²) in [5.74, 6) is -0.497. The zero-order valence-corrected chi connectivity index (χ0v) is 21.9. The van der Waals surface area contributed by atoms with Gasteiger partial charge in [0.1, 0.15) is 27.0 Å². The van der Waals surface area contributed by atoms with Crippen molar-refractivity contribution in [1.29, 1.82) is 0 Å². The van der Waals surface area contributed by atoms with E-state index in [4.69, 9.17) is 18.9 Å². The lowest BCUT2D eigenvalue weighted by Crippen LogP contribution is -2.51. The largest absolute Gasteiger partial charge is 0.464 e. The van der Waals surface area contributed by atoms with Gasteiger partial charge in [-0.1, -0.05) is 0 Å². The fourth-order valence-electron chi connectivity index (χ4n) is 3.20. The number of halogens is 1. The highest BCUT2D eigenvalue weighted by molar-refractivity contribution is 9.10. The van der Waals surface area contributed by atoms with Gasteiger partial charge in [0.2, 0.25) is 5.01 Å². The summed E-state index contributed by atoms with van der Waals surface area (Å²) in [6.07, 6.45) is -1.08. The molecule has 1 aliphatic rings. The average molecular weight is 548 g/mol. The second-order valence-corrected chi connectivity index (χ2v) is 11.1. The van der Waals surface area contributed by atoms with Crippen LogP contribution in [0.2, 0.25) is 0 Å². The van der Waals surface area contributed by atoms with Crippen LogP contribution in [0.4, 0.5) is 4.79 Å². The average Bonchev–Trinajstić information content (AvgIpc) is 3.39. The molecule has 32 heavy (non-hydrogen) atoms. The molecule has 12 heteroatoms. The number of esters is 1. The summed E-state index contributed by atoms with van der Waals surface area (Å²) in [5.41, 5.74) is -0.967. The van der Waals surface area contributed by atoms with Gasteiger partial charge in [0.15, 0.2) is 0 Å². The molecule has 3 rings (SSSR count). The van der Waals surface area contributed by atoms with Gasteiger partial charge in [0.05, 0.1) is 32.1 Å². The Bertz CT molecular complexity index is 971. The third-order valence-electron chi connectivity index (χ3n) is 4.52. The second-order valence-electron chi connectivity index (χ2n) is 8.55. The van der Waals surface area contributed by atoms with E-state index in [0.29, 0.717) is 15.3 Å². The Morgan fingerprint density at radius 2 is 2.03 bits per heavy atom. The van der Waals surface area contributed by atoms with Crippen LogP contribution >= 0.6 is 38.6 Å². The number of hydrogen-bond donors (Lipinski definition) is 0. The van der Waals surface area contributed by atoms with Crippen molar-refractivity contribution in [1.82, 2.24) is 14.9 Å². The summed E-state index contributed by atoms with van der Waals surface area (Å²) in [5, 5.41) is 4.52. The van der Waals surface area contributed by atoms with Crippen LogP contribution in [0, 0.1) is 0 Å². The molecule has 1 fully saturated rings. The first kappa shape index (κ1) is 25.0. The Morgan fingerprint density at radius 3 is 2.62 bits per heavy atom. The van der Waals surface area contributed by atoms with Crippen LogP contribution < -0.4 is 0 Å². The normalized spacial score (nSPS) is 19.1. The van der Waals surface area contributed by atoms with E-state index < -0.39 is 35.5 Å². The first-order valence-corrected chi connectivity index (χ1v) is 12.4. The van der Waals surface area contributed by atoms with Crippen molar-refractivity contribution >= 4 is 50.7 Å². The summed E-state index contributed by atoms with van der Waals surface area (Å²) in [6, 6.07) is -0.475. The molecule has 1 amide bonds. The molecule has 1 aliphatic heterocycles. The minimum atomic E-state index is -0.887. The quantitative estimate of drug-likeness (QED) is 0.476. The summed E-state index contributed by atoms with van der Waals surface area (Å²) in [4.78, 5) is 35.1. The number of nitrogens with zero attached hydrogens (tertiary/aromatic N) is 3. The Hall–Kier alpha value is -1.60. The van der Waals surface area contributed by atoms with Gasteiger partial charge in [-0.05, 0) is 50.5 Å². The van der Waals surface area contributed by atoms with Crippen molar-refractivity contribution in [3.8, 4) is 0 Å². The van der Waals surface area contributed by atoms with E-state index >= 15 is 0 Å². The topological polar surface area (TPSA) is 100 Å². The molecule has 2 aromatic rings. The van der Waals surface area contributed by atoms with Gasteiger partial charge in [0, 0.05) is 10.8 Å². The van der Waals surface area contributed by atoms with Crippen LogP contribution in [-0.2, 0) is 25.6 Å². The summed E-state index contributed by atoms with van der Waals surface area (Å²) in [7, 11) is 1.31. The summed E-state index contributed by atoms with van der Waals surface area (Å²) >= 11 is 5.98. The molecule has 1 saturated heterocycles. The molecule has 0 spiro atoms. The van der Waals surface area contributed by atoms with Crippen LogP contribution in [0.5, 0.6) is 0 Å². The highest BCUT2D eigenvalue weighted by Gasteiger charge is 2.50. The molecule has 0 aromatic carbocycles. The Morgan fingerprint density at radius 1 is 1.31 bits per heavy atom. The number of aromatic nitrogens is 2. The number of rotatable bonds is 6. The minimum absolute atomic E-state index is 0.119. The van der Waals surface area contributed by atoms with Gasteiger partial charge in [-0.3, -0.25) is 4.90 Å². The molecule has 2 aromatic heterocycles. The summed E-state index contributed by atoms with van der Waals surface area (Å²) < 4.78 is 23.2. The van der Waals surface area contributed by atoms with Gasteiger partial charge in [0.25, 0.3) is 0 Å². The van der Waals surface area contributed by atoms with E-state index in [9.17, 15) is 9.59 Å². The lowest BCUT2D eigenvalue weighted by molar-refractivity contribution is -0.0746. The van der Waals surface area contributed by atoms with Crippen molar-refractivity contribution < 1.29 is 28.5 Å². The number of hydrogen-bond acceptors (Lipinski definition) is 10. The second kappa shape index (κ2) is 9.72. The van der Waals surface area contributed by atoms with E-state index in [1.165, 1.54) is 29.8 Å². The van der Waals surface area contributed by atoms with Gasteiger partial charge in [-0.15, -0.1) is 22.7 Å². The highest BCUT2D eigenvalue weighted by atomic mass is 79.9. The lowest BCUT2D eigenvalue weighted by Gasteiger charge is -2.37. The number of thiazole rings is 2. The van der Waals surface area contributed by atoms with Crippen molar-refractivity contribution in [2.45, 2.75) is 64.7 Å². The molecular weight excluding hydrogens is 522 g/mol. The fraction of sp³-hybridized carbons (Fsp3) is 0.600. The van der Waals surface area contributed by atoms with Gasteiger partial charge in [-0.25, -0.2) is 19.6 Å². The molecule has 9 nitrogen and oxygen atoms in total. The third kappa shape index (κ3) is 5.84. The van der Waals surface area contributed by atoms with Crippen LogP contribution in [0.25, 0.3) is 0 Å². The molecule has 2 atom stereocenters. The Labute approximate surface area is 203 Å². The molecule has 0 unspecified atom stereocenters. The van der Waals surface area contributed by atoms with Crippen molar-refractivity contribution in [2.75, 3.05) is 13.7 Å². The van der Waals surface area contributed by atoms with Crippen molar-refractivity contribution in [3.63, 3.8) is 0 Å². The molecule has 0 radical (unpaired) electrons. The standard InChI is InChI=1S/C20H26BrN3O6S2/c1-19(2,3)30-18(26)24-12(8-29-20(24,4)5)14(15-23-13(21)10-32-15)28-7-11-9-31-16(22-11)17(25)27-6/h9-10,12,14H,7-8H2,1-6H3/t12-,14+/m1/s1. The van der Waals surface area contributed by atoms with E-state index in [2.05, 4.69) is 25.9 Å². The van der Waals surface area contributed by atoms with Crippen LogP contribution in [0.15, 0.2) is 15.4 Å². The highest BCUT2D eigenvalue weighted by Crippen LogP contribution is 2.39. The number of carbonyl (C=O) groups excluding carboxylic acids is 2. The van der Waals surface area contributed by atoms with Crippen molar-refractivity contribution in [2.24, 2.45) is 0 Å². The Balaban J connectivity index is 1.87. The van der Waals surface area contributed by atoms with Gasteiger partial charge in [-0.2, -0.15) is 0 Å². The van der Waals surface area contributed by atoms with Crippen molar-refractivity contribution in [3.05, 3.63) is 31.1 Å². The number of carbonyl (C=O) groups is 2. The molecule has 3 heterocycles. The minimum Gasteiger partial charge on any atom is -0.464 e. The summed E-state index contributed by atoms with van der Waals surface area (Å²) in [6.45, 7) is 9.45. The molecule has 0 bridgehead atoms. The predicted molar refractivity (Wildman–Crippen MR) is 123 cm³/mol. The Kier molecular flexibility index (Phi) is 7.60. The monoisotopic (exact) mass is 547 g/mol. The number of ether oxygens (including phenoxy) is 4. The molecule has 0 aliphatic carbocycles. The van der Waals surface area contributed by atoms with E-state index in [1.54, 1.807) is 10.3 Å². The molecule has 0 saturated carbocycles. The predicted octanol–water partition coefficient (Wildman–Crippen LogP) is 4.78. The lowest BCUT2D eigenvalue weighted by atomic mass is 10.1. The van der Waals surface area contributed by atoms with Crippen LogP contribution in [-0.4, -0.2) is 58.0 Å². The van der Waals surface area contributed by atoms with E-state index in [-0.39, 0.29) is 18.2 Å². The zero-order valence-electron chi connectivity index (χ0n) is 18.7. The smallest absolute Gasteiger partial charge is 0.413 e. The van der Waals surface area contributed by atoms with E-state index in [0.717, 1.165) is 0 Å². The number of amides is 1. The SMILES string of the molecule is COC(=O)c1nc(CO[C@H](c2nc(Br)cs2)[C@H]2COC(C)(C)N2C(=O)OC(C)(C)C)cs1. The van der Waals surface area contributed by atoms with Gasteiger partial charge < -0.3 is 18.9 Å². The van der Waals surface area contributed by atoms with Crippen LogP contribution in [0.3, 0.4) is 0 Å². The first-order valence-electron chi connectivity index (χ1n) is 9.83. The third-order valence-corrected chi connectivity index (χ3v) is 7.01. The maximum absolute atomic E-state index is 13.1. The molecule has 176 valence electrons. The zero-order chi connectivity index (χ0) is 23.7. The maximum Gasteiger partial charge on any atom is 0.413 e. The van der Waals surface area contributed by atoms with E-state index in [1.807, 2.05) is 40.0 Å². The maximum atomic E-state index is 13.1. The fourth-order valence-corrected chi connectivity index (χ4v) is 5.28.